The summed E-state index contributed by atoms with van der Waals surface area (Å²) in [5, 5.41) is 3.55. The number of nitrogens with one attached hydrogen (secondary N) is 1. The van der Waals surface area contributed by atoms with Gasteiger partial charge in [-0.3, -0.25) is 4.90 Å². The molecule has 3 aliphatic rings. The SMILES string of the molecule is O=C(OCc1ccccc1)N1CCN(CCOc2ccccc2N2C3CCC2CNC3)CC1. The highest BCUT2D eigenvalue weighted by Crippen LogP contribution is 2.37. The molecule has 33 heavy (non-hydrogen) atoms. The highest BCUT2D eigenvalue weighted by molar-refractivity contribution is 5.67. The first-order valence-electron chi connectivity index (χ1n) is 12.2. The number of para-hydroxylation sites is 2. The third-order valence-corrected chi connectivity index (χ3v) is 7.02. The lowest BCUT2D eigenvalue weighted by Gasteiger charge is -2.38. The number of rotatable bonds is 7. The Bertz CT molecular complexity index is 901. The van der Waals surface area contributed by atoms with Gasteiger partial charge >= 0.3 is 6.09 Å². The minimum absolute atomic E-state index is 0.227. The maximum atomic E-state index is 12.4. The van der Waals surface area contributed by atoms with E-state index in [2.05, 4.69) is 39.4 Å². The summed E-state index contributed by atoms with van der Waals surface area (Å²) in [5.41, 5.74) is 2.24. The van der Waals surface area contributed by atoms with E-state index in [1.54, 1.807) is 4.90 Å². The fourth-order valence-corrected chi connectivity index (χ4v) is 5.21. The van der Waals surface area contributed by atoms with Gasteiger partial charge in [-0.15, -0.1) is 0 Å². The highest BCUT2D eigenvalue weighted by atomic mass is 16.6. The van der Waals surface area contributed by atoms with Gasteiger partial charge in [0.25, 0.3) is 0 Å². The number of carbonyl (C=O) groups excluding carboxylic acids is 1. The lowest BCUT2D eigenvalue weighted by atomic mass is 10.1. The Morgan fingerprint density at radius 1 is 0.909 bits per heavy atom. The first kappa shape index (κ1) is 22.0. The zero-order chi connectivity index (χ0) is 22.5. The number of ether oxygens (including phenoxy) is 2. The van der Waals surface area contributed by atoms with E-state index in [1.165, 1.54) is 18.5 Å². The number of carbonyl (C=O) groups is 1. The largest absolute Gasteiger partial charge is 0.490 e. The molecule has 1 amide bonds. The molecule has 2 bridgehead atoms. The Hall–Kier alpha value is -2.77. The molecule has 7 heteroatoms. The van der Waals surface area contributed by atoms with E-state index in [9.17, 15) is 4.79 Å². The Morgan fingerprint density at radius 3 is 2.36 bits per heavy atom. The third-order valence-electron chi connectivity index (χ3n) is 7.02. The fourth-order valence-electron chi connectivity index (χ4n) is 5.21. The van der Waals surface area contributed by atoms with Crippen LogP contribution < -0.4 is 15.0 Å². The van der Waals surface area contributed by atoms with Crippen LogP contribution in [-0.2, 0) is 11.3 Å². The van der Waals surface area contributed by atoms with Crippen molar-refractivity contribution in [2.75, 3.05) is 57.3 Å². The van der Waals surface area contributed by atoms with Gasteiger partial charge in [0, 0.05) is 57.9 Å². The van der Waals surface area contributed by atoms with E-state index < -0.39 is 0 Å². The standard InChI is InChI=1S/C26H34N4O3/c31-26(33-20-21-6-2-1-3-7-21)29-14-12-28(13-15-29)16-17-32-25-9-5-4-8-24(25)30-22-10-11-23(30)19-27-18-22/h1-9,22-23,27H,10-20H2. The van der Waals surface area contributed by atoms with Crippen LogP contribution in [0, 0.1) is 0 Å². The fraction of sp³-hybridized carbons (Fsp3) is 0.500. The second-order valence-corrected chi connectivity index (χ2v) is 9.14. The molecule has 7 nitrogen and oxygen atoms in total. The summed E-state index contributed by atoms with van der Waals surface area (Å²) >= 11 is 0. The molecule has 0 radical (unpaired) electrons. The van der Waals surface area contributed by atoms with Crippen molar-refractivity contribution in [1.29, 1.82) is 0 Å². The molecule has 2 atom stereocenters. The van der Waals surface area contributed by atoms with Crippen molar-refractivity contribution in [2.45, 2.75) is 31.5 Å². The molecule has 3 fully saturated rings. The third kappa shape index (κ3) is 5.25. The molecule has 0 aromatic heterocycles. The number of hydrogen-bond acceptors (Lipinski definition) is 6. The van der Waals surface area contributed by atoms with Crippen molar-refractivity contribution in [3.63, 3.8) is 0 Å². The first-order valence-corrected chi connectivity index (χ1v) is 12.2. The maximum Gasteiger partial charge on any atom is 0.410 e. The van der Waals surface area contributed by atoms with Gasteiger partial charge in [0.15, 0.2) is 0 Å². The molecule has 2 aromatic rings. The van der Waals surface area contributed by atoms with Crippen LogP contribution >= 0.6 is 0 Å². The van der Waals surface area contributed by atoms with Gasteiger partial charge in [-0.1, -0.05) is 42.5 Å². The van der Waals surface area contributed by atoms with Crippen molar-refractivity contribution in [2.24, 2.45) is 0 Å². The minimum Gasteiger partial charge on any atom is -0.490 e. The Balaban J connectivity index is 1.06. The van der Waals surface area contributed by atoms with Gasteiger partial charge in [0.1, 0.15) is 19.0 Å². The molecule has 2 aromatic carbocycles. The predicted octanol–water partition coefficient (Wildman–Crippen LogP) is 2.96. The molecular formula is C26H34N4O3. The molecule has 5 rings (SSSR count). The van der Waals surface area contributed by atoms with Crippen LogP contribution in [0.3, 0.4) is 0 Å². The van der Waals surface area contributed by atoms with E-state index in [-0.39, 0.29) is 6.09 Å². The normalized spacial score (nSPS) is 22.9. The number of piperazine rings is 2. The van der Waals surface area contributed by atoms with Crippen molar-refractivity contribution in [3.05, 3.63) is 60.2 Å². The zero-order valence-corrected chi connectivity index (χ0v) is 19.2. The molecule has 3 heterocycles. The van der Waals surface area contributed by atoms with Gasteiger partial charge in [0.2, 0.25) is 0 Å². The molecule has 3 aliphatic heterocycles. The molecular weight excluding hydrogens is 416 g/mol. The summed E-state index contributed by atoms with van der Waals surface area (Å²) in [6.45, 7) is 7.00. The smallest absolute Gasteiger partial charge is 0.410 e. The average Bonchev–Trinajstić information content (AvgIpc) is 3.11. The van der Waals surface area contributed by atoms with Crippen LogP contribution in [0.4, 0.5) is 10.5 Å². The lowest BCUT2D eigenvalue weighted by Crippen LogP contribution is -2.52. The Morgan fingerprint density at radius 2 is 1.61 bits per heavy atom. The van der Waals surface area contributed by atoms with Gasteiger partial charge in [-0.2, -0.15) is 0 Å². The molecule has 0 spiro atoms. The van der Waals surface area contributed by atoms with E-state index in [0.29, 0.717) is 38.4 Å². The second kappa shape index (κ2) is 10.4. The van der Waals surface area contributed by atoms with Gasteiger partial charge < -0.3 is 24.6 Å². The number of hydrogen-bond donors (Lipinski definition) is 1. The number of benzene rings is 2. The van der Waals surface area contributed by atoms with Crippen molar-refractivity contribution in [1.82, 2.24) is 15.1 Å². The van der Waals surface area contributed by atoms with Crippen LogP contribution in [0.25, 0.3) is 0 Å². The second-order valence-electron chi connectivity index (χ2n) is 9.14. The Labute approximate surface area is 196 Å². The molecule has 0 saturated carbocycles. The number of amides is 1. The van der Waals surface area contributed by atoms with Crippen LogP contribution in [-0.4, -0.2) is 80.4 Å². The topological polar surface area (TPSA) is 57.3 Å². The maximum absolute atomic E-state index is 12.4. The van der Waals surface area contributed by atoms with Gasteiger partial charge in [0.05, 0.1) is 5.69 Å². The van der Waals surface area contributed by atoms with Crippen LogP contribution in [0.15, 0.2) is 54.6 Å². The number of fused-ring (bicyclic) bond motifs is 2. The summed E-state index contributed by atoms with van der Waals surface area (Å²) in [6.07, 6.45) is 2.28. The van der Waals surface area contributed by atoms with Crippen LogP contribution in [0.5, 0.6) is 5.75 Å². The van der Waals surface area contributed by atoms with E-state index in [1.807, 2.05) is 30.3 Å². The van der Waals surface area contributed by atoms with Crippen LogP contribution in [0.1, 0.15) is 18.4 Å². The summed E-state index contributed by atoms with van der Waals surface area (Å²) in [5.74, 6) is 0.986. The highest BCUT2D eigenvalue weighted by Gasteiger charge is 2.37. The van der Waals surface area contributed by atoms with Crippen molar-refractivity contribution >= 4 is 11.8 Å². The van der Waals surface area contributed by atoms with E-state index in [0.717, 1.165) is 44.0 Å². The molecule has 1 N–H and O–H groups in total. The minimum atomic E-state index is -0.227. The number of anilines is 1. The lowest BCUT2D eigenvalue weighted by molar-refractivity contribution is 0.0684. The zero-order valence-electron chi connectivity index (χ0n) is 19.2. The number of nitrogens with zero attached hydrogens (tertiary/aromatic N) is 3. The monoisotopic (exact) mass is 450 g/mol. The summed E-state index contributed by atoms with van der Waals surface area (Å²) < 4.78 is 11.7. The van der Waals surface area contributed by atoms with Crippen molar-refractivity contribution < 1.29 is 14.3 Å². The molecule has 2 unspecified atom stereocenters. The van der Waals surface area contributed by atoms with Crippen LogP contribution in [0.2, 0.25) is 0 Å². The quantitative estimate of drug-likeness (QED) is 0.700. The molecule has 0 aliphatic carbocycles. The first-order chi connectivity index (χ1) is 16.3. The molecule has 176 valence electrons. The summed E-state index contributed by atoms with van der Waals surface area (Å²) in [4.78, 5) is 19.1. The van der Waals surface area contributed by atoms with E-state index in [4.69, 9.17) is 9.47 Å². The predicted molar refractivity (Wildman–Crippen MR) is 129 cm³/mol. The summed E-state index contributed by atoms with van der Waals surface area (Å²) in [7, 11) is 0. The van der Waals surface area contributed by atoms with Gasteiger partial charge in [-0.05, 0) is 30.5 Å². The Kier molecular flexibility index (Phi) is 6.98. The van der Waals surface area contributed by atoms with Crippen molar-refractivity contribution in [3.8, 4) is 5.75 Å². The van der Waals surface area contributed by atoms with E-state index >= 15 is 0 Å². The summed E-state index contributed by atoms with van der Waals surface area (Å²) in [6, 6.07) is 19.4. The molecule has 3 saturated heterocycles. The van der Waals surface area contributed by atoms with Gasteiger partial charge in [-0.25, -0.2) is 4.79 Å². The average molecular weight is 451 g/mol.